The summed E-state index contributed by atoms with van der Waals surface area (Å²) in [4.78, 5) is 0. The second-order valence-electron chi connectivity index (χ2n) is 7.03. The number of ether oxygens (including phenoxy) is 1. The highest BCUT2D eigenvalue weighted by Crippen LogP contribution is 2.36. The van der Waals surface area contributed by atoms with Crippen molar-refractivity contribution in [1.29, 1.82) is 5.26 Å². The molecule has 27 heavy (non-hydrogen) atoms. The average molecular weight is 485 g/mol. The summed E-state index contributed by atoms with van der Waals surface area (Å²) in [6.07, 6.45) is -4.46. The smallest absolute Gasteiger partial charge is 0.422 e. The van der Waals surface area contributed by atoms with E-state index < -0.39 is 12.8 Å². The zero-order valence-electron chi connectivity index (χ0n) is 15.2. The Kier molecular flexibility index (Phi) is 6.58. The molecule has 142 valence electrons. The van der Waals surface area contributed by atoms with Gasteiger partial charge in [-0.05, 0) is 39.6 Å². The summed E-state index contributed by atoms with van der Waals surface area (Å²) in [5.41, 5.74) is 2.44. The van der Waals surface area contributed by atoms with Crippen molar-refractivity contribution in [2.75, 3.05) is 6.61 Å². The summed E-state index contributed by atoms with van der Waals surface area (Å²) in [7, 11) is 0. The van der Waals surface area contributed by atoms with Crippen LogP contribution in [0, 0.1) is 11.3 Å². The van der Waals surface area contributed by atoms with Crippen LogP contribution in [0.15, 0.2) is 48.5 Å². The number of hydrogen-bond donors (Lipinski definition) is 0. The first-order valence-corrected chi connectivity index (χ1v) is 9.30. The summed E-state index contributed by atoms with van der Waals surface area (Å²) in [6.45, 7) is 4.79. The summed E-state index contributed by atoms with van der Waals surface area (Å²) in [5, 5.41) is 9.31. The fourth-order valence-electron chi connectivity index (χ4n) is 2.44. The first-order valence-electron chi connectivity index (χ1n) is 8.22. The largest absolute Gasteiger partial charge is 0.482 e. The first-order chi connectivity index (χ1) is 12.5. The maximum atomic E-state index is 12.8. The van der Waals surface area contributed by atoms with Gasteiger partial charge < -0.3 is 4.74 Å². The zero-order chi connectivity index (χ0) is 20.2. The van der Waals surface area contributed by atoms with Crippen LogP contribution in [0.4, 0.5) is 13.2 Å². The Labute approximate surface area is 170 Å². The van der Waals surface area contributed by atoms with Crippen LogP contribution in [-0.4, -0.2) is 12.8 Å². The van der Waals surface area contributed by atoms with Gasteiger partial charge in [0.05, 0.1) is 15.2 Å². The Balaban J connectivity index is 2.56. The molecule has 0 amide bonds. The molecule has 0 radical (unpaired) electrons. The molecule has 0 heterocycles. The first kappa shape index (κ1) is 21.3. The quantitative estimate of drug-likeness (QED) is 0.275. The van der Waals surface area contributed by atoms with Crippen LogP contribution in [0.25, 0.3) is 9.34 Å². The van der Waals surface area contributed by atoms with Crippen molar-refractivity contribution in [2.45, 2.75) is 32.4 Å². The molecule has 0 unspecified atom stereocenters. The number of benzene rings is 2. The third-order valence-electron chi connectivity index (χ3n) is 3.88. The van der Waals surface area contributed by atoms with Gasteiger partial charge in [-0.1, -0.05) is 63.2 Å². The van der Waals surface area contributed by atoms with Gasteiger partial charge in [-0.15, -0.1) is 0 Å². The van der Waals surface area contributed by atoms with Crippen LogP contribution in [0.1, 0.15) is 43.0 Å². The summed E-state index contributed by atoms with van der Waals surface area (Å²) in [6, 6.07) is 16.1. The lowest BCUT2D eigenvalue weighted by molar-refractivity contribution is -0.158. The SMILES string of the molecule is CC(C)(C)c1ccc(/C(OCC(F)(F)F)=C(\I)c2ccccc2C#N)cc1. The molecule has 0 saturated carbocycles. The molecule has 2 aromatic carbocycles. The molecule has 0 N–H and O–H groups in total. The van der Waals surface area contributed by atoms with Gasteiger partial charge in [0.2, 0.25) is 0 Å². The second kappa shape index (κ2) is 8.34. The minimum absolute atomic E-state index is 0.0736. The Bertz CT molecular complexity index is 872. The molecule has 0 aliphatic heterocycles. The number of hydrogen-bond acceptors (Lipinski definition) is 2. The molecule has 0 aromatic heterocycles. The molecule has 2 nitrogen and oxygen atoms in total. The molecular weight excluding hydrogens is 466 g/mol. The van der Waals surface area contributed by atoms with Gasteiger partial charge in [0.1, 0.15) is 5.76 Å². The van der Waals surface area contributed by atoms with Crippen molar-refractivity contribution < 1.29 is 17.9 Å². The van der Waals surface area contributed by atoms with Crippen molar-refractivity contribution >= 4 is 31.9 Å². The number of alkyl halides is 3. The molecule has 2 aromatic rings. The standard InChI is InChI=1S/C21H19F3INO/c1-20(2,3)16-10-8-14(9-11-16)19(27-13-21(22,23)24)18(25)17-7-5-4-6-15(17)12-26/h4-11H,13H2,1-3H3/b19-18+. The number of nitrogens with zero attached hydrogens (tertiary/aromatic N) is 1. The summed E-state index contributed by atoms with van der Waals surface area (Å²) < 4.78 is 43.9. The second-order valence-corrected chi connectivity index (χ2v) is 8.11. The lowest BCUT2D eigenvalue weighted by Crippen LogP contribution is -2.17. The van der Waals surface area contributed by atoms with E-state index in [-0.39, 0.29) is 11.2 Å². The lowest BCUT2D eigenvalue weighted by atomic mass is 9.86. The van der Waals surface area contributed by atoms with Crippen LogP contribution >= 0.6 is 22.6 Å². The Morgan fingerprint density at radius 3 is 2.15 bits per heavy atom. The van der Waals surface area contributed by atoms with E-state index in [0.717, 1.165) is 5.56 Å². The van der Waals surface area contributed by atoms with Crippen molar-refractivity contribution in [3.05, 3.63) is 70.8 Å². The van der Waals surface area contributed by atoms with Crippen LogP contribution in [0.2, 0.25) is 0 Å². The van der Waals surface area contributed by atoms with E-state index in [1.54, 1.807) is 36.4 Å². The van der Waals surface area contributed by atoms with Gasteiger partial charge in [0.15, 0.2) is 6.61 Å². The maximum absolute atomic E-state index is 12.8. The Morgan fingerprint density at radius 1 is 1.04 bits per heavy atom. The van der Waals surface area contributed by atoms with Crippen LogP contribution < -0.4 is 0 Å². The minimum Gasteiger partial charge on any atom is -0.482 e. The van der Waals surface area contributed by atoms with Gasteiger partial charge in [-0.2, -0.15) is 18.4 Å². The van der Waals surface area contributed by atoms with E-state index in [4.69, 9.17) is 4.74 Å². The van der Waals surface area contributed by atoms with Crippen LogP contribution in [-0.2, 0) is 10.2 Å². The topological polar surface area (TPSA) is 33.0 Å². The third kappa shape index (κ3) is 5.73. The van der Waals surface area contributed by atoms with Gasteiger partial charge in [0, 0.05) is 11.1 Å². The third-order valence-corrected chi connectivity index (χ3v) is 4.95. The molecule has 0 bridgehead atoms. The highest BCUT2D eigenvalue weighted by Gasteiger charge is 2.30. The van der Waals surface area contributed by atoms with Crippen molar-refractivity contribution in [3.63, 3.8) is 0 Å². The van der Waals surface area contributed by atoms with Crippen molar-refractivity contribution in [1.82, 2.24) is 0 Å². The van der Waals surface area contributed by atoms with E-state index >= 15 is 0 Å². The lowest BCUT2D eigenvalue weighted by Gasteiger charge is -2.20. The van der Waals surface area contributed by atoms with Crippen molar-refractivity contribution in [3.8, 4) is 6.07 Å². The number of rotatable bonds is 4. The van der Waals surface area contributed by atoms with Gasteiger partial charge in [-0.3, -0.25) is 0 Å². The van der Waals surface area contributed by atoms with E-state index in [1.165, 1.54) is 0 Å². The van der Waals surface area contributed by atoms with Crippen molar-refractivity contribution in [2.24, 2.45) is 0 Å². The fraction of sp³-hybridized carbons (Fsp3) is 0.286. The molecule has 0 fully saturated rings. The zero-order valence-corrected chi connectivity index (χ0v) is 17.4. The molecule has 0 saturated heterocycles. The highest BCUT2D eigenvalue weighted by atomic mass is 127. The van der Waals surface area contributed by atoms with Gasteiger partial charge in [-0.25, -0.2) is 0 Å². The molecule has 2 rings (SSSR count). The summed E-state index contributed by atoms with van der Waals surface area (Å²) in [5.74, 6) is 0.107. The van der Waals surface area contributed by atoms with E-state index in [9.17, 15) is 18.4 Å². The molecule has 0 atom stereocenters. The molecule has 0 aliphatic carbocycles. The molecule has 6 heteroatoms. The minimum atomic E-state index is -4.46. The highest BCUT2D eigenvalue weighted by molar-refractivity contribution is 14.1. The average Bonchev–Trinajstić information content (AvgIpc) is 2.60. The maximum Gasteiger partial charge on any atom is 0.422 e. The Hall–Kier alpha value is -2.01. The predicted octanol–water partition coefficient (Wildman–Crippen LogP) is 6.70. The van der Waals surface area contributed by atoms with Gasteiger partial charge >= 0.3 is 6.18 Å². The van der Waals surface area contributed by atoms with E-state index in [1.807, 2.05) is 34.7 Å². The van der Waals surface area contributed by atoms with Gasteiger partial charge in [0.25, 0.3) is 0 Å². The number of halogens is 4. The van der Waals surface area contributed by atoms with E-state index in [0.29, 0.717) is 20.3 Å². The number of nitriles is 1. The molecular formula is C21H19F3INO. The normalized spacial score (nSPS) is 13.0. The molecule has 0 aliphatic rings. The predicted molar refractivity (Wildman–Crippen MR) is 109 cm³/mol. The van der Waals surface area contributed by atoms with Crippen LogP contribution in [0.5, 0.6) is 0 Å². The monoisotopic (exact) mass is 485 g/mol. The Morgan fingerprint density at radius 2 is 1.63 bits per heavy atom. The fourth-order valence-corrected chi connectivity index (χ4v) is 3.38. The summed E-state index contributed by atoms with van der Waals surface area (Å²) >= 11 is 1.93. The molecule has 0 spiro atoms. The van der Waals surface area contributed by atoms with Crippen LogP contribution in [0.3, 0.4) is 0 Å². The van der Waals surface area contributed by atoms with E-state index in [2.05, 4.69) is 26.8 Å².